The van der Waals surface area contributed by atoms with Crippen molar-refractivity contribution in [2.24, 2.45) is 7.05 Å². The van der Waals surface area contributed by atoms with Crippen molar-refractivity contribution in [1.29, 1.82) is 5.26 Å². The molecule has 3 aromatic carbocycles. The van der Waals surface area contributed by atoms with Crippen LogP contribution in [0.3, 0.4) is 0 Å². The summed E-state index contributed by atoms with van der Waals surface area (Å²) < 4.78 is 6.90. The fourth-order valence-electron chi connectivity index (χ4n) is 6.01. The van der Waals surface area contributed by atoms with Crippen LogP contribution in [0.4, 0.5) is 22.7 Å². The second kappa shape index (κ2) is 13.4. The van der Waals surface area contributed by atoms with Gasteiger partial charge in [-0.3, -0.25) is 19.6 Å². The van der Waals surface area contributed by atoms with Crippen molar-refractivity contribution in [2.75, 3.05) is 60.2 Å². The summed E-state index contributed by atoms with van der Waals surface area (Å²) in [5, 5.41) is 42.5. The lowest BCUT2D eigenvalue weighted by Crippen LogP contribution is -2.49. The SMILES string of the molecule is COc1ccccc1-c1nnn(C)c1C(=O)N1CCN(c2cc(NC(=O)c3ccc(N4CCCC4=O)cc3)c(N([O-])O)cc2C#N)CC1. The molecule has 0 atom stereocenters. The first-order chi connectivity index (χ1) is 23.2. The van der Waals surface area contributed by atoms with E-state index in [2.05, 4.69) is 21.7 Å². The maximum absolute atomic E-state index is 13.8. The predicted octanol–water partition coefficient (Wildman–Crippen LogP) is 3.40. The van der Waals surface area contributed by atoms with Crippen molar-refractivity contribution in [1.82, 2.24) is 19.9 Å². The molecule has 48 heavy (non-hydrogen) atoms. The van der Waals surface area contributed by atoms with E-state index in [0.717, 1.165) is 6.42 Å². The third-order valence-corrected chi connectivity index (χ3v) is 8.50. The molecule has 2 aliphatic rings. The topological polar surface area (TPSA) is 183 Å². The number of methoxy groups -OCH3 is 1. The van der Waals surface area contributed by atoms with Crippen molar-refractivity contribution in [2.45, 2.75) is 12.8 Å². The van der Waals surface area contributed by atoms with E-state index in [1.165, 1.54) is 16.8 Å². The molecule has 0 saturated carbocycles. The number of hydrogen-bond acceptors (Lipinski definition) is 11. The van der Waals surface area contributed by atoms with Gasteiger partial charge in [0.1, 0.15) is 17.5 Å². The van der Waals surface area contributed by atoms with Crippen LogP contribution in [0.15, 0.2) is 60.7 Å². The second-order valence-corrected chi connectivity index (χ2v) is 11.3. The van der Waals surface area contributed by atoms with Crippen molar-refractivity contribution in [3.05, 3.63) is 82.7 Å². The number of piperazine rings is 1. The summed E-state index contributed by atoms with van der Waals surface area (Å²) in [4.78, 5) is 44.3. The predicted molar refractivity (Wildman–Crippen MR) is 176 cm³/mol. The molecule has 2 fully saturated rings. The van der Waals surface area contributed by atoms with Gasteiger partial charge in [-0.1, -0.05) is 17.3 Å². The highest BCUT2D eigenvalue weighted by atomic mass is 16.8. The standard InChI is InChI=1S/C33H32N9O6/c1-38-31(30(36-37-38)24-6-3-4-7-28(24)48-2)33(45)40-16-14-39(15-17-40)26-19-25(27(42(46)47)18-22(26)20-34)35-32(44)21-9-11-23(12-10-21)41-13-5-8-29(41)43/h3-4,6-7,9-12,18-19,46H,5,8,13-17H2,1-2H3,(H,35,44)/q-1. The van der Waals surface area contributed by atoms with Crippen molar-refractivity contribution in [3.63, 3.8) is 0 Å². The molecular formula is C33H32N9O6-. The summed E-state index contributed by atoms with van der Waals surface area (Å²) in [5.74, 6) is -0.243. The Kier molecular flexibility index (Phi) is 8.93. The van der Waals surface area contributed by atoms with Crippen LogP contribution >= 0.6 is 0 Å². The van der Waals surface area contributed by atoms with Gasteiger partial charge in [-0.05, 0) is 55.0 Å². The number of nitriles is 1. The number of carbonyl (C=O) groups is 3. The third kappa shape index (κ3) is 6.09. The molecule has 3 amide bonds. The van der Waals surface area contributed by atoms with E-state index < -0.39 is 11.1 Å². The van der Waals surface area contributed by atoms with Crippen molar-refractivity contribution in [3.8, 4) is 23.1 Å². The number of aromatic nitrogens is 3. The van der Waals surface area contributed by atoms with E-state index >= 15 is 0 Å². The first kappa shape index (κ1) is 32.0. The molecule has 1 aromatic heterocycles. The van der Waals surface area contributed by atoms with Crippen LogP contribution in [-0.4, -0.2) is 82.7 Å². The highest BCUT2D eigenvalue weighted by Gasteiger charge is 2.30. The Morgan fingerprint density at radius 3 is 2.44 bits per heavy atom. The average Bonchev–Trinajstić information content (AvgIpc) is 3.72. The molecule has 15 heteroatoms. The quantitative estimate of drug-likeness (QED) is 0.267. The van der Waals surface area contributed by atoms with E-state index in [0.29, 0.717) is 73.2 Å². The molecule has 0 spiro atoms. The smallest absolute Gasteiger partial charge is 0.274 e. The third-order valence-electron chi connectivity index (χ3n) is 8.50. The maximum Gasteiger partial charge on any atom is 0.274 e. The fourth-order valence-corrected chi connectivity index (χ4v) is 6.01. The van der Waals surface area contributed by atoms with Crippen LogP contribution in [0.1, 0.15) is 39.3 Å². The zero-order valence-corrected chi connectivity index (χ0v) is 26.3. The minimum absolute atomic E-state index is 0.00814. The van der Waals surface area contributed by atoms with Gasteiger partial charge in [-0.25, -0.2) is 4.68 Å². The van der Waals surface area contributed by atoms with Crippen LogP contribution in [0.5, 0.6) is 5.75 Å². The summed E-state index contributed by atoms with van der Waals surface area (Å²) in [7, 11) is 3.19. The highest BCUT2D eigenvalue weighted by Crippen LogP contribution is 2.35. The number of para-hydroxylation sites is 1. The van der Waals surface area contributed by atoms with Gasteiger partial charge in [0.2, 0.25) is 5.91 Å². The minimum atomic E-state index is -0.556. The Hall–Kier alpha value is -5.98. The minimum Gasteiger partial charge on any atom is -0.733 e. The number of amides is 3. The van der Waals surface area contributed by atoms with Gasteiger partial charge in [0.25, 0.3) is 11.8 Å². The zero-order valence-electron chi connectivity index (χ0n) is 26.3. The normalized spacial score (nSPS) is 14.6. The van der Waals surface area contributed by atoms with Crippen molar-refractivity contribution < 1.29 is 24.3 Å². The van der Waals surface area contributed by atoms with Gasteiger partial charge >= 0.3 is 0 Å². The molecule has 15 nitrogen and oxygen atoms in total. The first-order valence-corrected chi connectivity index (χ1v) is 15.2. The maximum atomic E-state index is 13.8. The molecule has 0 radical (unpaired) electrons. The average molecular weight is 651 g/mol. The van der Waals surface area contributed by atoms with Crippen LogP contribution in [0, 0.1) is 16.5 Å². The lowest BCUT2D eigenvalue weighted by Gasteiger charge is -2.37. The molecular weight excluding hydrogens is 618 g/mol. The van der Waals surface area contributed by atoms with Gasteiger partial charge in [0, 0.05) is 63.0 Å². The van der Waals surface area contributed by atoms with Gasteiger partial charge in [0.15, 0.2) is 5.69 Å². The Balaban J connectivity index is 1.20. The molecule has 6 rings (SSSR count). The summed E-state index contributed by atoms with van der Waals surface area (Å²) in [6.45, 7) is 1.87. The number of nitrogens with zero attached hydrogens (tertiary/aromatic N) is 8. The summed E-state index contributed by atoms with van der Waals surface area (Å²) >= 11 is 0. The number of anilines is 4. The van der Waals surface area contributed by atoms with Crippen molar-refractivity contribution >= 4 is 40.5 Å². The Morgan fingerprint density at radius 1 is 1.06 bits per heavy atom. The van der Waals surface area contributed by atoms with Crippen LogP contribution in [0.25, 0.3) is 11.3 Å². The number of carbonyl (C=O) groups excluding carboxylic acids is 3. The Bertz CT molecular complexity index is 1910. The van der Waals surface area contributed by atoms with Crippen LogP contribution in [-0.2, 0) is 11.8 Å². The van der Waals surface area contributed by atoms with E-state index in [-0.39, 0.29) is 34.3 Å². The number of nitrogens with one attached hydrogen (secondary N) is 1. The monoisotopic (exact) mass is 650 g/mol. The molecule has 4 aromatic rings. The summed E-state index contributed by atoms with van der Waals surface area (Å²) in [6, 6.07) is 18.5. The Labute approximate surface area is 275 Å². The lowest BCUT2D eigenvalue weighted by molar-refractivity contribution is -0.117. The molecule has 2 saturated heterocycles. The van der Waals surface area contributed by atoms with Gasteiger partial charge in [-0.15, -0.1) is 5.10 Å². The number of benzene rings is 3. The molecule has 0 aliphatic carbocycles. The Morgan fingerprint density at radius 2 is 1.79 bits per heavy atom. The largest absolute Gasteiger partial charge is 0.733 e. The molecule has 246 valence electrons. The lowest BCUT2D eigenvalue weighted by atomic mass is 10.1. The number of ether oxygens (including phenoxy) is 1. The number of rotatable bonds is 8. The number of aryl methyl sites for hydroxylation is 1. The van der Waals surface area contributed by atoms with Crippen LogP contribution in [0.2, 0.25) is 0 Å². The summed E-state index contributed by atoms with van der Waals surface area (Å²) in [5.41, 5.74) is 2.49. The molecule has 2 aliphatic heterocycles. The van der Waals surface area contributed by atoms with Crippen LogP contribution < -0.4 is 25.1 Å². The van der Waals surface area contributed by atoms with E-state index in [9.17, 15) is 30.1 Å². The molecule has 0 unspecified atom stereocenters. The molecule has 0 bridgehead atoms. The number of hydrogen-bond donors (Lipinski definition) is 2. The molecule has 2 N–H and O–H groups in total. The fraction of sp³-hybridized carbons (Fsp3) is 0.273. The van der Waals surface area contributed by atoms with E-state index in [4.69, 9.17) is 4.74 Å². The zero-order chi connectivity index (χ0) is 33.9. The first-order valence-electron chi connectivity index (χ1n) is 15.2. The second-order valence-electron chi connectivity index (χ2n) is 11.3. The van der Waals surface area contributed by atoms with Gasteiger partial charge < -0.3 is 35.2 Å². The van der Waals surface area contributed by atoms with E-state index in [1.807, 2.05) is 23.1 Å². The highest BCUT2D eigenvalue weighted by molar-refractivity contribution is 6.07. The van der Waals surface area contributed by atoms with Gasteiger partial charge in [0.05, 0.1) is 29.7 Å². The van der Waals surface area contributed by atoms with E-state index in [1.54, 1.807) is 54.3 Å². The molecule has 3 heterocycles. The summed E-state index contributed by atoms with van der Waals surface area (Å²) in [6.07, 6.45) is 1.26. The van der Waals surface area contributed by atoms with Gasteiger partial charge in [-0.2, -0.15) is 5.26 Å².